The number of methoxy groups -OCH3 is 2. The summed E-state index contributed by atoms with van der Waals surface area (Å²) in [4.78, 5) is 2.32. The molecule has 1 aliphatic rings. The molecule has 20 heavy (non-hydrogen) atoms. The lowest BCUT2D eigenvalue weighted by Gasteiger charge is -2.15. The highest BCUT2D eigenvalue weighted by molar-refractivity contribution is 5.37. The van der Waals surface area contributed by atoms with Gasteiger partial charge in [-0.1, -0.05) is 24.0 Å². The molecule has 4 nitrogen and oxygen atoms in total. The lowest BCUT2D eigenvalue weighted by Crippen LogP contribution is -2.27. The quantitative estimate of drug-likeness (QED) is 0.828. The third-order valence-corrected chi connectivity index (χ3v) is 3.54. The summed E-state index contributed by atoms with van der Waals surface area (Å²) in [6.45, 7) is 2.50. The van der Waals surface area contributed by atoms with Crippen LogP contribution in [0.25, 0.3) is 0 Å². The van der Waals surface area contributed by atoms with Crippen molar-refractivity contribution in [2.24, 2.45) is 0 Å². The Morgan fingerprint density at radius 2 is 1.95 bits per heavy atom. The lowest BCUT2D eigenvalue weighted by atomic mass is 10.1. The van der Waals surface area contributed by atoms with E-state index in [1.165, 1.54) is 5.56 Å². The fourth-order valence-electron chi connectivity index (χ4n) is 2.55. The van der Waals surface area contributed by atoms with Gasteiger partial charge in [-0.3, -0.25) is 4.90 Å². The zero-order chi connectivity index (χ0) is 14.4. The number of aliphatic hydroxyl groups excluding tert-OH is 1. The number of ether oxygens (including phenoxy) is 2. The van der Waals surface area contributed by atoms with E-state index in [-0.39, 0.29) is 18.8 Å². The minimum Gasteiger partial charge on any atom is -0.384 e. The Labute approximate surface area is 120 Å². The van der Waals surface area contributed by atoms with E-state index in [4.69, 9.17) is 14.6 Å². The molecule has 0 aliphatic carbocycles. The number of likely N-dealkylation sites (tertiary alicyclic amines) is 1. The fraction of sp³-hybridized carbons (Fsp3) is 0.500. The van der Waals surface area contributed by atoms with Gasteiger partial charge in [0.15, 0.2) is 0 Å². The molecular formula is C16H21NO3. The van der Waals surface area contributed by atoms with Crippen LogP contribution in [0.5, 0.6) is 0 Å². The third kappa shape index (κ3) is 3.81. The smallest absolute Gasteiger partial charge is 0.104 e. The van der Waals surface area contributed by atoms with Gasteiger partial charge in [0, 0.05) is 39.4 Å². The van der Waals surface area contributed by atoms with E-state index >= 15 is 0 Å². The van der Waals surface area contributed by atoms with Gasteiger partial charge in [0.25, 0.3) is 0 Å². The number of rotatable bonds is 4. The first-order valence-corrected chi connectivity index (χ1v) is 6.73. The van der Waals surface area contributed by atoms with Crippen LogP contribution >= 0.6 is 0 Å². The van der Waals surface area contributed by atoms with Gasteiger partial charge in [-0.25, -0.2) is 0 Å². The largest absolute Gasteiger partial charge is 0.384 e. The van der Waals surface area contributed by atoms with Crippen LogP contribution in [-0.2, 0) is 16.0 Å². The SMILES string of the molecule is COC1CN(Cc2cccc(C#CCO)c2)CC1OC. The van der Waals surface area contributed by atoms with Gasteiger partial charge in [0.2, 0.25) is 0 Å². The van der Waals surface area contributed by atoms with Crippen molar-refractivity contribution in [3.8, 4) is 11.8 Å². The molecule has 2 atom stereocenters. The number of hydrogen-bond donors (Lipinski definition) is 1. The molecule has 2 unspecified atom stereocenters. The number of hydrogen-bond acceptors (Lipinski definition) is 4. The Balaban J connectivity index is 2.00. The van der Waals surface area contributed by atoms with Crippen LogP contribution in [0, 0.1) is 11.8 Å². The topological polar surface area (TPSA) is 41.9 Å². The molecule has 2 rings (SSSR count). The highest BCUT2D eigenvalue weighted by atomic mass is 16.5. The first-order chi connectivity index (χ1) is 9.76. The van der Waals surface area contributed by atoms with Gasteiger partial charge in [0.1, 0.15) is 6.61 Å². The molecule has 0 amide bonds. The first-order valence-electron chi connectivity index (χ1n) is 6.73. The second-order valence-electron chi connectivity index (χ2n) is 4.90. The average molecular weight is 275 g/mol. The van der Waals surface area contributed by atoms with Crippen LogP contribution in [0.15, 0.2) is 24.3 Å². The second-order valence-corrected chi connectivity index (χ2v) is 4.90. The Hall–Kier alpha value is -1.38. The number of aliphatic hydroxyl groups is 1. The molecule has 0 saturated carbocycles. The Kier molecular flexibility index (Phi) is 5.57. The Morgan fingerprint density at radius 1 is 1.25 bits per heavy atom. The number of benzene rings is 1. The molecule has 1 heterocycles. The van der Waals surface area contributed by atoms with Gasteiger partial charge < -0.3 is 14.6 Å². The lowest BCUT2D eigenvalue weighted by molar-refractivity contribution is -0.00461. The molecule has 1 fully saturated rings. The van der Waals surface area contributed by atoms with E-state index in [0.29, 0.717) is 0 Å². The van der Waals surface area contributed by atoms with Crippen molar-refractivity contribution in [3.63, 3.8) is 0 Å². The number of nitrogens with zero attached hydrogens (tertiary/aromatic N) is 1. The van der Waals surface area contributed by atoms with Gasteiger partial charge in [0.05, 0.1) is 12.2 Å². The highest BCUT2D eigenvalue weighted by Crippen LogP contribution is 2.18. The van der Waals surface area contributed by atoms with Crippen LogP contribution in [0.2, 0.25) is 0 Å². The monoisotopic (exact) mass is 275 g/mol. The molecular weight excluding hydrogens is 254 g/mol. The molecule has 0 radical (unpaired) electrons. The van der Waals surface area contributed by atoms with Crippen molar-refractivity contribution in [1.29, 1.82) is 0 Å². The maximum Gasteiger partial charge on any atom is 0.104 e. The van der Waals surface area contributed by atoms with E-state index < -0.39 is 0 Å². The second kappa shape index (κ2) is 7.41. The van der Waals surface area contributed by atoms with E-state index in [0.717, 1.165) is 25.2 Å². The summed E-state index contributed by atoms with van der Waals surface area (Å²) in [6.07, 6.45) is 0.273. The summed E-state index contributed by atoms with van der Waals surface area (Å²) >= 11 is 0. The van der Waals surface area contributed by atoms with Gasteiger partial charge in [-0.05, 0) is 17.7 Å². The van der Waals surface area contributed by atoms with Crippen LogP contribution < -0.4 is 0 Å². The average Bonchev–Trinajstić information content (AvgIpc) is 2.87. The Morgan fingerprint density at radius 3 is 2.55 bits per heavy atom. The summed E-state index contributed by atoms with van der Waals surface area (Å²) < 4.78 is 10.9. The molecule has 1 aliphatic heterocycles. The van der Waals surface area contributed by atoms with Crippen LogP contribution in [0.3, 0.4) is 0 Å². The maximum atomic E-state index is 8.73. The normalized spacial score (nSPS) is 22.6. The van der Waals surface area contributed by atoms with Gasteiger partial charge in [-0.15, -0.1) is 0 Å². The maximum absolute atomic E-state index is 8.73. The summed E-state index contributed by atoms with van der Waals surface area (Å²) in [6, 6.07) is 8.09. The van der Waals surface area contributed by atoms with E-state index in [1.807, 2.05) is 12.1 Å². The van der Waals surface area contributed by atoms with Crippen LogP contribution in [0.4, 0.5) is 0 Å². The molecule has 1 aromatic rings. The van der Waals surface area contributed by atoms with Crippen molar-refractivity contribution >= 4 is 0 Å². The van der Waals surface area contributed by atoms with Crippen LogP contribution in [-0.4, -0.2) is 56.1 Å². The van der Waals surface area contributed by atoms with Gasteiger partial charge in [-0.2, -0.15) is 0 Å². The summed E-state index contributed by atoms with van der Waals surface area (Å²) in [5.74, 6) is 5.60. The van der Waals surface area contributed by atoms with Crippen LogP contribution in [0.1, 0.15) is 11.1 Å². The molecule has 4 heteroatoms. The van der Waals surface area contributed by atoms with E-state index in [2.05, 4.69) is 28.9 Å². The molecule has 0 spiro atoms. The minimum atomic E-state index is -0.110. The fourth-order valence-corrected chi connectivity index (χ4v) is 2.55. The minimum absolute atomic E-state index is 0.110. The summed E-state index contributed by atoms with van der Waals surface area (Å²) in [5, 5.41) is 8.73. The highest BCUT2D eigenvalue weighted by Gasteiger charge is 2.32. The molecule has 0 aromatic heterocycles. The predicted molar refractivity (Wildman–Crippen MR) is 77.3 cm³/mol. The zero-order valence-electron chi connectivity index (χ0n) is 12.0. The van der Waals surface area contributed by atoms with Crippen molar-refractivity contribution in [1.82, 2.24) is 4.90 Å². The molecule has 0 bridgehead atoms. The van der Waals surface area contributed by atoms with Crippen molar-refractivity contribution < 1.29 is 14.6 Å². The zero-order valence-corrected chi connectivity index (χ0v) is 12.0. The summed E-state index contributed by atoms with van der Waals surface area (Å²) in [5.41, 5.74) is 2.14. The molecule has 108 valence electrons. The van der Waals surface area contributed by atoms with E-state index in [1.54, 1.807) is 14.2 Å². The molecule has 1 aromatic carbocycles. The van der Waals surface area contributed by atoms with Crippen molar-refractivity contribution in [3.05, 3.63) is 35.4 Å². The van der Waals surface area contributed by atoms with Gasteiger partial charge >= 0.3 is 0 Å². The van der Waals surface area contributed by atoms with E-state index in [9.17, 15) is 0 Å². The molecule has 1 saturated heterocycles. The molecule has 1 N–H and O–H groups in total. The van der Waals surface area contributed by atoms with Crippen molar-refractivity contribution in [2.45, 2.75) is 18.8 Å². The Bertz CT molecular complexity index is 480. The van der Waals surface area contributed by atoms with Crippen molar-refractivity contribution in [2.75, 3.05) is 33.9 Å². The summed E-state index contributed by atoms with van der Waals surface area (Å²) in [7, 11) is 3.45. The first kappa shape index (κ1) is 15.0. The standard InChI is InChI=1S/C16H21NO3/c1-19-15-11-17(12-16(15)20-2)10-14-6-3-5-13(9-14)7-4-8-18/h3,5-6,9,15-16,18H,8,10-12H2,1-2H3. The third-order valence-electron chi connectivity index (χ3n) is 3.54. The predicted octanol–water partition coefficient (Wildman–Crippen LogP) is 0.876.